The van der Waals surface area contributed by atoms with Gasteiger partial charge in [0.15, 0.2) is 0 Å². The van der Waals surface area contributed by atoms with Crippen molar-refractivity contribution in [2.24, 2.45) is 5.92 Å². The molecule has 4 nitrogen and oxygen atoms in total. The zero-order valence-corrected chi connectivity index (χ0v) is 11.6. The quantitative estimate of drug-likeness (QED) is 0.825. The Labute approximate surface area is 114 Å². The minimum atomic E-state index is 0.0145. The Morgan fingerprint density at radius 3 is 3.05 bits per heavy atom. The summed E-state index contributed by atoms with van der Waals surface area (Å²) in [5.41, 5.74) is 2.29. The van der Waals surface area contributed by atoms with Crippen LogP contribution in [0.2, 0.25) is 0 Å². The number of nitrogens with one attached hydrogen (secondary N) is 1. The molecule has 1 aromatic rings. The van der Waals surface area contributed by atoms with E-state index in [-0.39, 0.29) is 11.8 Å². The van der Waals surface area contributed by atoms with E-state index in [4.69, 9.17) is 9.47 Å². The van der Waals surface area contributed by atoms with Crippen LogP contribution in [0.4, 0.5) is 0 Å². The van der Waals surface area contributed by atoms with Gasteiger partial charge in [0.05, 0.1) is 19.1 Å². The Morgan fingerprint density at radius 1 is 1.47 bits per heavy atom. The fraction of sp³-hybridized carbons (Fsp3) is 0.533. The normalized spacial score (nSPS) is 18.3. The summed E-state index contributed by atoms with van der Waals surface area (Å²) in [6.45, 7) is 6.31. The van der Waals surface area contributed by atoms with Crippen LogP contribution in [0, 0.1) is 19.8 Å². The van der Waals surface area contributed by atoms with Crippen LogP contribution in [0.25, 0.3) is 0 Å². The molecule has 1 N–H and O–H groups in total. The van der Waals surface area contributed by atoms with Crippen LogP contribution in [0.5, 0.6) is 5.75 Å². The Bertz CT molecular complexity index is 439. The summed E-state index contributed by atoms with van der Waals surface area (Å²) in [7, 11) is 0. The standard InChI is InChI=1S/C15H21NO3/c1-11-3-4-12(2)14(9-11)19-8-6-16-15(17)13-5-7-18-10-13/h3-4,9,13H,5-8,10H2,1-2H3,(H,16,17)/t13-/m1/s1. The summed E-state index contributed by atoms with van der Waals surface area (Å²) < 4.78 is 10.9. The molecule has 0 saturated carbocycles. The Hall–Kier alpha value is -1.55. The molecular weight excluding hydrogens is 242 g/mol. The fourth-order valence-corrected chi connectivity index (χ4v) is 2.08. The molecule has 0 radical (unpaired) electrons. The number of benzene rings is 1. The summed E-state index contributed by atoms with van der Waals surface area (Å²) in [6.07, 6.45) is 0.823. The second kappa shape index (κ2) is 6.57. The lowest BCUT2D eigenvalue weighted by molar-refractivity contribution is -0.125. The van der Waals surface area contributed by atoms with Crippen molar-refractivity contribution in [1.29, 1.82) is 0 Å². The van der Waals surface area contributed by atoms with Gasteiger partial charge in [-0.25, -0.2) is 0 Å². The number of ether oxygens (including phenoxy) is 2. The highest BCUT2D eigenvalue weighted by Crippen LogP contribution is 2.18. The number of amides is 1. The highest BCUT2D eigenvalue weighted by molar-refractivity contribution is 5.78. The minimum Gasteiger partial charge on any atom is -0.491 e. The molecule has 1 saturated heterocycles. The van der Waals surface area contributed by atoms with E-state index in [1.165, 1.54) is 5.56 Å². The first-order valence-corrected chi connectivity index (χ1v) is 6.72. The van der Waals surface area contributed by atoms with Gasteiger partial charge in [0.25, 0.3) is 0 Å². The average molecular weight is 263 g/mol. The highest BCUT2D eigenvalue weighted by atomic mass is 16.5. The molecule has 0 unspecified atom stereocenters. The zero-order valence-electron chi connectivity index (χ0n) is 11.6. The van der Waals surface area contributed by atoms with E-state index in [9.17, 15) is 4.79 Å². The Morgan fingerprint density at radius 2 is 2.32 bits per heavy atom. The van der Waals surface area contributed by atoms with Gasteiger partial charge in [-0.2, -0.15) is 0 Å². The lowest BCUT2D eigenvalue weighted by Crippen LogP contribution is -2.33. The number of hydrogen-bond acceptors (Lipinski definition) is 3. The second-order valence-corrected chi connectivity index (χ2v) is 4.97. The van der Waals surface area contributed by atoms with Gasteiger partial charge >= 0.3 is 0 Å². The first-order valence-electron chi connectivity index (χ1n) is 6.72. The minimum absolute atomic E-state index is 0.0145. The summed E-state index contributed by atoms with van der Waals surface area (Å²) in [5.74, 6) is 0.973. The monoisotopic (exact) mass is 263 g/mol. The highest BCUT2D eigenvalue weighted by Gasteiger charge is 2.22. The van der Waals surface area contributed by atoms with E-state index in [1.807, 2.05) is 26.0 Å². The summed E-state index contributed by atoms with van der Waals surface area (Å²) in [4.78, 5) is 11.7. The molecule has 104 valence electrons. The molecule has 0 aliphatic carbocycles. The van der Waals surface area contributed by atoms with Gasteiger partial charge in [-0.05, 0) is 37.5 Å². The third-order valence-electron chi connectivity index (χ3n) is 3.30. The lowest BCUT2D eigenvalue weighted by atomic mass is 10.1. The number of rotatable bonds is 5. The first-order chi connectivity index (χ1) is 9.16. The van der Waals surface area contributed by atoms with Gasteiger partial charge in [-0.15, -0.1) is 0 Å². The number of carbonyl (C=O) groups is 1. The third-order valence-corrected chi connectivity index (χ3v) is 3.30. The topological polar surface area (TPSA) is 47.6 Å². The van der Waals surface area contributed by atoms with E-state index < -0.39 is 0 Å². The van der Waals surface area contributed by atoms with Gasteiger partial charge in [-0.1, -0.05) is 12.1 Å². The first kappa shape index (κ1) is 13.9. The SMILES string of the molecule is Cc1ccc(C)c(OCCNC(=O)[C@@H]2CCOC2)c1. The second-order valence-electron chi connectivity index (χ2n) is 4.97. The number of hydrogen-bond donors (Lipinski definition) is 1. The smallest absolute Gasteiger partial charge is 0.225 e. The molecule has 1 aromatic carbocycles. The molecule has 0 aromatic heterocycles. The lowest BCUT2D eigenvalue weighted by Gasteiger charge is -2.12. The Balaban J connectivity index is 1.71. The molecule has 1 atom stereocenters. The van der Waals surface area contributed by atoms with Crippen LogP contribution in [0.15, 0.2) is 18.2 Å². The molecule has 4 heteroatoms. The van der Waals surface area contributed by atoms with Gasteiger partial charge in [0, 0.05) is 6.61 Å². The van der Waals surface area contributed by atoms with E-state index in [2.05, 4.69) is 11.4 Å². The van der Waals surface area contributed by atoms with Crippen molar-refractivity contribution in [3.63, 3.8) is 0 Å². The van der Waals surface area contributed by atoms with Crippen molar-refractivity contribution in [2.75, 3.05) is 26.4 Å². The zero-order chi connectivity index (χ0) is 13.7. The van der Waals surface area contributed by atoms with E-state index in [0.717, 1.165) is 17.7 Å². The van der Waals surface area contributed by atoms with Gasteiger partial charge in [-0.3, -0.25) is 4.79 Å². The third kappa shape index (κ3) is 3.96. The van der Waals surface area contributed by atoms with Gasteiger partial charge < -0.3 is 14.8 Å². The molecule has 0 bridgehead atoms. The van der Waals surface area contributed by atoms with E-state index in [0.29, 0.717) is 26.4 Å². The molecule has 19 heavy (non-hydrogen) atoms. The van der Waals surface area contributed by atoms with Crippen LogP contribution in [-0.2, 0) is 9.53 Å². The van der Waals surface area contributed by atoms with Crippen molar-refractivity contribution in [3.05, 3.63) is 29.3 Å². The Kier molecular flexibility index (Phi) is 4.80. The molecule has 1 fully saturated rings. The average Bonchev–Trinajstić information content (AvgIpc) is 2.92. The fourth-order valence-electron chi connectivity index (χ4n) is 2.08. The number of carbonyl (C=O) groups excluding carboxylic acids is 1. The molecule has 1 amide bonds. The maximum absolute atomic E-state index is 11.7. The van der Waals surface area contributed by atoms with E-state index >= 15 is 0 Å². The molecular formula is C15H21NO3. The van der Waals surface area contributed by atoms with Crippen molar-refractivity contribution in [3.8, 4) is 5.75 Å². The van der Waals surface area contributed by atoms with Crippen LogP contribution < -0.4 is 10.1 Å². The summed E-state index contributed by atoms with van der Waals surface area (Å²) in [6, 6.07) is 6.12. The van der Waals surface area contributed by atoms with E-state index in [1.54, 1.807) is 0 Å². The van der Waals surface area contributed by atoms with Crippen molar-refractivity contribution >= 4 is 5.91 Å². The summed E-state index contributed by atoms with van der Waals surface area (Å²) >= 11 is 0. The molecule has 1 aliphatic rings. The molecule has 1 heterocycles. The predicted octanol–water partition coefficient (Wildman–Crippen LogP) is 1.83. The van der Waals surface area contributed by atoms with Gasteiger partial charge in [0.2, 0.25) is 5.91 Å². The largest absolute Gasteiger partial charge is 0.491 e. The van der Waals surface area contributed by atoms with Crippen molar-refractivity contribution in [1.82, 2.24) is 5.32 Å². The van der Waals surface area contributed by atoms with Gasteiger partial charge in [0.1, 0.15) is 12.4 Å². The van der Waals surface area contributed by atoms with Crippen LogP contribution in [-0.4, -0.2) is 32.3 Å². The van der Waals surface area contributed by atoms with Crippen LogP contribution in [0.3, 0.4) is 0 Å². The van der Waals surface area contributed by atoms with Crippen molar-refractivity contribution in [2.45, 2.75) is 20.3 Å². The van der Waals surface area contributed by atoms with Crippen molar-refractivity contribution < 1.29 is 14.3 Å². The van der Waals surface area contributed by atoms with Crippen LogP contribution in [0.1, 0.15) is 17.5 Å². The molecule has 0 spiro atoms. The maximum atomic E-state index is 11.7. The van der Waals surface area contributed by atoms with Crippen LogP contribution >= 0.6 is 0 Å². The number of aryl methyl sites for hydroxylation is 2. The maximum Gasteiger partial charge on any atom is 0.225 e. The molecule has 1 aliphatic heterocycles. The predicted molar refractivity (Wildman–Crippen MR) is 73.3 cm³/mol. The molecule has 2 rings (SSSR count). The summed E-state index contributed by atoms with van der Waals surface area (Å²) in [5, 5.41) is 2.88.